The van der Waals surface area contributed by atoms with Gasteiger partial charge < -0.3 is 18.9 Å². The van der Waals surface area contributed by atoms with Crippen LogP contribution in [0.4, 0.5) is 0 Å². The van der Waals surface area contributed by atoms with Crippen molar-refractivity contribution in [2.75, 3.05) is 20.3 Å². The monoisotopic (exact) mass is 418 g/mol. The van der Waals surface area contributed by atoms with Crippen molar-refractivity contribution >= 4 is 27.8 Å². The molecule has 0 aliphatic carbocycles. The Morgan fingerprint density at radius 1 is 0.968 bits per heavy atom. The summed E-state index contributed by atoms with van der Waals surface area (Å²) in [5, 5.41) is 1.74. The maximum absolute atomic E-state index is 11.6. The lowest BCUT2D eigenvalue weighted by molar-refractivity contribution is -0.145. The summed E-state index contributed by atoms with van der Waals surface area (Å²) in [4.78, 5) is 20.7. The first-order valence-corrected chi connectivity index (χ1v) is 9.88. The molecule has 0 unspecified atom stereocenters. The summed E-state index contributed by atoms with van der Waals surface area (Å²) in [5.41, 5.74) is 2.34. The zero-order chi connectivity index (χ0) is 21.8. The van der Waals surface area contributed by atoms with Crippen LogP contribution in [0.5, 0.6) is 23.0 Å². The number of esters is 1. The fourth-order valence-electron chi connectivity index (χ4n) is 3.24. The Bertz CT molecular complexity index is 1260. The summed E-state index contributed by atoms with van der Waals surface area (Å²) in [6.07, 6.45) is 1.66. The summed E-state index contributed by atoms with van der Waals surface area (Å²) in [7, 11) is 1.53. The lowest BCUT2D eigenvalue weighted by atomic mass is 10.1. The predicted octanol–water partition coefficient (Wildman–Crippen LogP) is 4.83. The van der Waals surface area contributed by atoms with Crippen LogP contribution in [0.1, 0.15) is 12.6 Å². The van der Waals surface area contributed by atoms with E-state index in [1.807, 2.05) is 37.3 Å². The maximum atomic E-state index is 11.6. The number of carbonyl (C=O) groups is 1. The van der Waals surface area contributed by atoms with Crippen LogP contribution in [-0.2, 0) is 9.53 Å². The molecule has 7 heteroatoms. The molecular formula is C24H22N2O5. The van der Waals surface area contributed by atoms with Crippen LogP contribution in [0.2, 0.25) is 0 Å². The molecule has 0 amide bonds. The minimum atomic E-state index is -0.450. The van der Waals surface area contributed by atoms with Crippen molar-refractivity contribution in [2.45, 2.75) is 13.8 Å². The summed E-state index contributed by atoms with van der Waals surface area (Å²) < 4.78 is 22.2. The van der Waals surface area contributed by atoms with Crippen molar-refractivity contribution in [3.63, 3.8) is 0 Å². The molecule has 7 nitrogen and oxygen atoms in total. The van der Waals surface area contributed by atoms with Crippen molar-refractivity contribution in [3.05, 3.63) is 60.4 Å². The van der Waals surface area contributed by atoms with Gasteiger partial charge in [0, 0.05) is 23.0 Å². The molecule has 158 valence electrons. The second-order valence-corrected chi connectivity index (χ2v) is 6.79. The number of ether oxygens (including phenoxy) is 4. The molecule has 2 aromatic carbocycles. The molecule has 0 N–H and O–H groups in total. The molecule has 0 radical (unpaired) electrons. The van der Waals surface area contributed by atoms with Crippen LogP contribution in [0.3, 0.4) is 0 Å². The molecule has 4 rings (SSSR count). The van der Waals surface area contributed by atoms with Gasteiger partial charge in [-0.15, -0.1) is 0 Å². The van der Waals surface area contributed by atoms with E-state index in [0.29, 0.717) is 35.1 Å². The van der Waals surface area contributed by atoms with E-state index in [4.69, 9.17) is 18.9 Å². The van der Waals surface area contributed by atoms with Gasteiger partial charge in [-0.05, 0) is 38.1 Å². The SMILES string of the molecule is CCOC(=O)COc1cc2nccc(Oc3cc4ccccc4nc3C)c2cc1OC. The van der Waals surface area contributed by atoms with Gasteiger partial charge in [0.2, 0.25) is 0 Å². The minimum Gasteiger partial charge on any atom is -0.493 e. The highest BCUT2D eigenvalue weighted by Gasteiger charge is 2.15. The van der Waals surface area contributed by atoms with Crippen molar-refractivity contribution in [3.8, 4) is 23.0 Å². The van der Waals surface area contributed by atoms with Crippen LogP contribution < -0.4 is 14.2 Å². The first kappa shape index (κ1) is 20.4. The van der Waals surface area contributed by atoms with E-state index in [1.54, 1.807) is 31.3 Å². The van der Waals surface area contributed by atoms with E-state index < -0.39 is 5.97 Å². The predicted molar refractivity (Wildman–Crippen MR) is 117 cm³/mol. The number of rotatable bonds is 7. The third-order valence-corrected chi connectivity index (χ3v) is 4.73. The Kier molecular flexibility index (Phi) is 5.84. The van der Waals surface area contributed by atoms with Crippen LogP contribution in [0, 0.1) is 6.92 Å². The first-order valence-electron chi connectivity index (χ1n) is 9.88. The molecule has 0 atom stereocenters. The van der Waals surface area contributed by atoms with E-state index in [0.717, 1.165) is 22.0 Å². The number of hydrogen-bond donors (Lipinski definition) is 0. The van der Waals surface area contributed by atoms with E-state index in [9.17, 15) is 4.79 Å². The lowest BCUT2D eigenvalue weighted by Crippen LogP contribution is -2.14. The number of aromatic nitrogens is 2. The molecule has 4 aromatic rings. The summed E-state index contributed by atoms with van der Waals surface area (Å²) in [5.74, 6) is 1.68. The van der Waals surface area contributed by atoms with Gasteiger partial charge in [-0.1, -0.05) is 18.2 Å². The van der Waals surface area contributed by atoms with Crippen LogP contribution >= 0.6 is 0 Å². The van der Waals surface area contributed by atoms with Gasteiger partial charge in [0.25, 0.3) is 0 Å². The van der Waals surface area contributed by atoms with Gasteiger partial charge in [0.1, 0.15) is 11.5 Å². The van der Waals surface area contributed by atoms with Crippen molar-refractivity contribution in [1.82, 2.24) is 9.97 Å². The standard InChI is InChI=1S/C24H22N2O5/c1-4-29-24(27)14-30-23-13-19-17(12-22(23)28-3)20(9-10-25-19)31-21-11-16-7-5-6-8-18(16)26-15(21)2/h5-13H,4,14H2,1-3H3. The largest absolute Gasteiger partial charge is 0.493 e. The number of aryl methyl sites for hydroxylation is 1. The van der Waals surface area contributed by atoms with Crippen molar-refractivity contribution in [1.29, 1.82) is 0 Å². The zero-order valence-corrected chi connectivity index (χ0v) is 17.5. The maximum Gasteiger partial charge on any atom is 0.344 e. The van der Waals surface area contributed by atoms with Crippen LogP contribution in [0.15, 0.2) is 54.7 Å². The Morgan fingerprint density at radius 2 is 1.81 bits per heavy atom. The number of pyridine rings is 2. The molecule has 2 heterocycles. The fourth-order valence-corrected chi connectivity index (χ4v) is 3.24. The molecule has 31 heavy (non-hydrogen) atoms. The van der Waals surface area contributed by atoms with Gasteiger partial charge in [-0.2, -0.15) is 0 Å². The molecule has 0 aliphatic heterocycles. The normalized spacial score (nSPS) is 10.8. The summed E-state index contributed by atoms with van der Waals surface area (Å²) in [6.45, 7) is 3.73. The Labute approximate surface area is 179 Å². The molecule has 2 aromatic heterocycles. The van der Waals surface area contributed by atoms with Gasteiger partial charge in [-0.3, -0.25) is 4.98 Å². The van der Waals surface area contributed by atoms with Crippen LogP contribution in [0.25, 0.3) is 21.8 Å². The number of carbonyl (C=O) groups excluding carboxylic acids is 1. The second-order valence-electron chi connectivity index (χ2n) is 6.79. The lowest BCUT2D eigenvalue weighted by Gasteiger charge is -2.14. The second kappa shape index (κ2) is 8.87. The number of hydrogen-bond acceptors (Lipinski definition) is 7. The van der Waals surface area contributed by atoms with Gasteiger partial charge in [0.15, 0.2) is 18.1 Å². The average Bonchev–Trinajstić information content (AvgIpc) is 2.78. The van der Waals surface area contributed by atoms with E-state index in [-0.39, 0.29) is 6.61 Å². The Morgan fingerprint density at radius 3 is 2.61 bits per heavy atom. The van der Waals surface area contributed by atoms with Gasteiger partial charge in [0.05, 0.1) is 30.4 Å². The number of nitrogens with zero attached hydrogens (tertiary/aromatic N) is 2. The highest BCUT2D eigenvalue weighted by molar-refractivity contribution is 5.89. The third kappa shape index (κ3) is 4.35. The Hall–Kier alpha value is -3.87. The smallest absolute Gasteiger partial charge is 0.344 e. The topological polar surface area (TPSA) is 79.8 Å². The quantitative estimate of drug-likeness (QED) is 0.398. The first-order chi connectivity index (χ1) is 15.1. The number of benzene rings is 2. The molecule has 0 saturated carbocycles. The summed E-state index contributed by atoms with van der Waals surface area (Å²) >= 11 is 0. The molecule has 0 spiro atoms. The average molecular weight is 418 g/mol. The van der Waals surface area contributed by atoms with Gasteiger partial charge >= 0.3 is 5.97 Å². The molecular weight excluding hydrogens is 396 g/mol. The minimum absolute atomic E-state index is 0.214. The highest BCUT2D eigenvalue weighted by atomic mass is 16.6. The third-order valence-electron chi connectivity index (χ3n) is 4.73. The van der Waals surface area contributed by atoms with Gasteiger partial charge in [-0.25, -0.2) is 9.78 Å². The molecule has 0 fully saturated rings. The Balaban J connectivity index is 1.69. The van der Waals surface area contributed by atoms with Crippen molar-refractivity contribution < 1.29 is 23.7 Å². The number of para-hydroxylation sites is 1. The summed E-state index contributed by atoms with van der Waals surface area (Å²) in [6, 6.07) is 15.1. The zero-order valence-electron chi connectivity index (χ0n) is 17.5. The van der Waals surface area contributed by atoms with Crippen molar-refractivity contribution in [2.24, 2.45) is 0 Å². The van der Waals surface area contributed by atoms with Crippen LogP contribution in [-0.4, -0.2) is 36.3 Å². The highest BCUT2D eigenvalue weighted by Crippen LogP contribution is 2.38. The van der Waals surface area contributed by atoms with E-state index in [2.05, 4.69) is 9.97 Å². The number of methoxy groups -OCH3 is 1. The van der Waals surface area contributed by atoms with E-state index in [1.165, 1.54) is 7.11 Å². The number of fused-ring (bicyclic) bond motifs is 2. The fraction of sp³-hybridized carbons (Fsp3) is 0.208. The van der Waals surface area contributed by atoms with E-state index >= 15 is 0 Å². The molecule has 0 bridgehead atoms. The molecule has 0 saturated heterocycles. The molecule has 0 aliphatic rings.